The summed E-state index contributed by atoms with van der Waals surface area (Å²) in [5.74, 6) is 0. The zero-order chi connectivity index (χ0) is 16.4. The van der Waals surface area contributed by atoms with Gasteiger partial charge in [0.2, 0.25) is 0 Å². The van der Waals surface area contributed by atoms with E-state index in [0.717, 1.165) is 18.5 Å². The van der Waals surface area contributed by atoms with Gasteiger partial charge in [0, 0.05) is 29.9 Å². The van der Waals surface area contributed by atoms with Crippen molar-refractivity contribution in [1.29, 1.82) is 0 Å². The Morgan fingerprint density at radius 1 is 1.13 bits per heavy atom. The summed E-state index contributed by atoms with van der Waals surface area (Å²) in [6, 6.07) is 10.0. The van der Waals surface area contributed by atoms with Gasteiger partial charge in [-0.15, -0.1) is 0 Å². The average molecular weight is 315 g/mol. The van der Waals surface area contributed by atoms with E-state index in [-0.39, 0.29) is 6.03 Å². The highest BCUT2D eigenvalue weighted by atomic mass is 16.2. The third-order valence-corrected chi connectivity index (χ3v) is 5.27. The molecular weight excluding hydrogens is 286 g/mol. The number of aryl methyl sites for hydroxylation is 1. The highest BCUT2D eigenvalue weighted by Crippen LogP contribution is 2.35. The number of amides is 2. The summed E-state index contributed by atoms with van der Waals surface area (Å²) in [5, 5.41) is 6.15. The number of urea groups is 1. The van der Waals surface area contributed by atoms with Crippen LogP contribution >= 0.6 is 0 Å². The van der Waals surface area contributed by atoms with Crippen molar-refractivity contribution in [2.75, 3.05) is 5.32 Å². The predicted octanol–water partition coefficient (Wildman–Crippen LogP) is 3.91. The molecule has 2 amide bonds. The Bertz CT molecular complexity index is 526. The van der Waals surface area contributed by atoms with Crippen LogP contribution in [0.2, 0.25) is 0 Å². The fourth-order valence-corrected chi connectivity index (χ4v) is 4.37. The monoisotopic (exact) mass is 315 g/mol. The second-order valence-corrected chi connectivity index (χ2v) is 7.41. The summed E-state index contributed by atoms with van der Waals surface area (Å²) in [5.41, 5.74) is 2.05. The fraction of sp³-hybridized carbons (Fsp3) is 0.632. The van der Waals surface area contributed by atoms with Gasteiger partial charge in [0.05, 0.1) is 0 Å². The molecule has 1 aromatic carbocycles. The fourth-order valence-electron chi connectivity index (χ4n) is 4.37. The Morgan fingerprint density at radius 2 is 1.74 bits per heavy atom. The number of carbonyl (C=O) groups excluding carboxylic acids is 1. The molecule has 23 heavy (non-hydrogen) atoms. The van der Waals surface area contributed by atoms with E-state index in [1.165, 1.54) is 24.8 Å². The summed E-state index contributed by atoms with van der Waals surface area (Å²) >= 11 is 0. The topological polar surface area (TPSA) is 44.4 Å². The van der Waals surface area contributed by atoms with Gasteiger partial charge in [-0.2, -0.15) is 0 Å². The zero-order valence-electron chi connectivity index (χ0n) is 14.5. The van der Waals surface area contributed by atoms with E-state index >= 15 is 0 Å². The van der Waals surface area contributed by atoms with Crippen molar-refractivity contribution < 1.29 is 4.79 Å². The molecule has 0 spiro atoms. The molecule has 2 aliphatic heterocycles. The van der Waals surface area contributed by atoms with Crippen LogP contribution in [0.5, 0.6) is 0 Å². The van der Waals surface area contributed by atoms with Crippen LogP contribution in [0.25, 0.3) is 0 Å². The minimum absolute atomic E-state index is 0.0741. The van der Waals surface area contributed by atoms with Gasteiger partial charge >= 0.3 is 6.03 Å². The molecule has 0 radical (unpaired) electrons. The molecule has 3 rings (SSSR count). The number of hydrogen-bond donors (Lipinski definition) is 2. The maximum Gasteiger partial charge on any atom is 0.319 e. The predicted molar refractivity (Wildman–Crippen MR) is 94.8 cm³/mol. The van der Waals surface area contributed by atoms with Crippen LogP contribution in [0.1, 0.15) is 51.5 Å². The van der Waals surface area contributed by atoms with Crippen molar-refractivity contribution in [3.8, 4) is 0 Å². The van der Waals surface area contributed by atoms with Crippen molar-refractivity contribution >= 4 is 11.7 Å². The first-order valence-electron chi connectivity index (χ1n) is 8.94. The van der Waals surface area contributed by atoms with E-state index < -0.39 is 0 Å². The SMILES string of the molecule is Cc1ccc(NC(=O)NC2C[C@H]3CCC[C@H](C2)N3C(C)C)cc1. The number of piperidine rings is 2. The summed E-state index contributed by atoms with van der Waals surface area (Å²) in [4.78, 5) is 14.9. The number of hydrogen-bond acceptors (Lipinski definition) is 2. The number of anilines is 1. The molecular formula is C19H29N3O. The summed E-state index contributed by atoms with van der Waals surface area (Å²) < 4.78 is 0. The Balaban J connectivity index is 1.56. The molecule has 0 aromatic heterocycles. The molecule has 126 valence electrons. The molecule has 0 saturated carbocycles. The minimum atomic E-state index is -0.0741. The molecule has 2 bridgehead atoms. The quantitative estimate of drug-likeness (QED) is 0.888. The van der Waals surface area contributed by atoms with E-state index in [1.54, 1.807) is 0 Å². The van der Waals surface area contributed by atoms with Gasteiger partial charge in [-0.05, 0) is 58.6 Å². The van der Waals surface area contributed by atoms with Crippen LogP contribution in [0.15, 0.2) is 24.3 Å². The number of benzene rings is 1. The lowest BCUT2D eigenvalue weighted by atomic mass is 9.81. The van der Waals surface area contributed by atoms with Crippen LogP contribution in [0, 0.1) is 6.92 Å². The van der Waals surface area contributed by atoms with Gasteiger partial charge in [-0.3, -0.25) is 4.90 Å². The Morgan fingerprint density at radius 3 is 2.30 bits per heavy atom. The van der Waals surface area contributed by atoms with Crippen molar-refractivity contribution in [3.05, 3.63) is 29.8 Å². The first kappa shape index (κ1) is 16.3. The molecule has 0 unspecified atom stereocenters. The van der Waals surface area contributed by atoms with Gasteiger partial charge < -0.3 is 10.6 Å². The maximum atomic E-state index is 12.3. The lowest BCUT2D eigenvalue weighted by molar-refractivity contribution is 0.00233. The highest BCUT2D eigenvalue weighted by molar-refractivity contribution is 5.89. The lowest BCUT2D eigenvalue weighted by Crippen LogP contribution is -2.59. The van der Waals surface area contributed by atoms with Crippen LogP contribution < -0.4 is 10.6 Å². The molecule has 2 atom stereocenters. The van der Waals surface area contributed by atoms with E-state index in [9.17, 15) is 4.79 Å². The summed E-state index contributed by atoms with van der Waals surface area (Å²) in [6.07, 6.45) is 6.03. The number of fused-ring (bicyclic) bond motifs is 2. The molecule has 0 aliphatic carbocycles. The van der Waals surface area contributed by atoms with Gasteiger partial charge in [-0.25, -0.2) is 4.79 Å². The largest absolute Gasteiger partial charge is 0.335 e. The van der Waals surface area contributed by atoms with Crippen LogP contribution in [-0.4, -0.2) is 35.1 Å². The molecule has 2 fully saturated rings. The van der Waals surface area contributed by atoms with E-state index in [0.29, 0.717) is 24.2 Å². The second kappa shape index (κ2) is 6.91. The van der Waals surface area contributed by atoms with E-state index in [1.807, 2.05) is 31.2 Å². The second-order valence-electron chi connectivity index (χ2n) is 7.41. The van der Waals surface area contributed by atoms with Crippen molar-refractivity contribution in [2.45, 2.75) is 77.0 Å². The number of nitrogens with one attached hydrogen (secondary N) is 2. The van der Waals surface area contributed by atoms with Crippen molar-refractivity contribution in [1.82, 2.24) is 10.2 Å². The Kier molecular flexibility index (Phi) is 4.90. The summed E-state index contributed by atoms with van der Waals surface area (Å²) in [7, 11) is 0. The summed E-state index contributed by atoms with van der Waals surface area (Å²) in [6.45, 7) is 6.64. The third-order valence-electron chi connectivity index (χ3n) is 5.27. The highest BCUT2D eigenvalue weighted by Gasteiger charge is 2.39. The smallest absolute Gasteiger partial charge is 0.319 e. The third kappa shape index (κ3) is 3.86. The molecule has 2 N–H and O–H groups in total. The maximum absolute atomic E-state index is 12.3. The van der Waals surface area contributed by atoms with Gasteiger partial charge in [0.25, 0.3) is 0 Å². The number of nitrogens with zero attached hydrogens (tertiary/aromatic N) is 1. The van der Waals surface area contributed by atoms with Gasteiger partial charge in [0.1, 0.15) is 0 Å². The van der Waals surface area contributed by atoms with Gasteiger partial charge in [0.15, 0.2) is 0 Å². The van der Waals surface area contributed by atoms with Gasteiger partial charge in [-0.1, -0.05) is 24.1 Å². The first-order chi connectivity index (χ1) is 11.0. The van der Waals surface area contributed by atoms with Crippen molar-refractivity contribution in [3.63, 3.8) is 0 Å². The van der Waals surface area contributed by atoms with Crippen LogP contribution in [-0.2, 0) is 0 Å². The standard InChI is InChI=1S/C19H29N3O/c1-13(2)22-17-5-4-6-18(22)12-16(11-17)21-19(23)20-15-9-7-14(3)8-10-15/h7-10,13,16-18H,4-6,11-12H2,1-3H3,(H2,20,21,23)/t17-,18-/m1/s1. The zero-order valence-corrected chi connectivity index (χ0v) is 14.5. The molecule has 2 aliphatic rings. The number of rotatable bonds is 3. The molecule has 2 heterocycles. The lowest BCUT2D eigenvalue weighted by Gasteiger charge is -2.51. The minimum Gasteiger partial charge on any atom is -0.335 e. The Labute approximate surface area is 139 Å². The molecule has 4 heteroatoms. The molecule has 4 nitrogen and oxygen atoms in total. The van der Waals surface area contributed by atoms with E-state index in [2.05, 4.69) is 29.4 Å². The Hall–Kier alpha value is -1.55. The van der Waals surface area contributed by atoms with Crippen LogP contribution in [0.4, 0.5) is 10.5 Å². The number of carbonyl (C=O) groups is 1. The van der Waals surface area contributed by atoms with Crippen molar-refractivity contribution in [2.24, 2.45) is 0 Å². The average Bonchev–Trinajstić information content (AvgIpc) is 2.48. The van der Waals surface area contributed by atoms with E-state index in [4.69, 9.17) is 0 Å². The molecule has 2 saturated heterocycles. The molecule has 1 aromatic rings. The normalized spacial score (nSPS) is 27.7. The first-order valence-corrected chi connectivity index (χ1v) is 8.94. The van der Waals surface area contributed by atoms with Crippen LogP contribution in [0.3, 0.4) is 0 Å².